The predicted octanol–water partition coefficient (Wildman–Crippen LogP) is 2.22. The number of hydrogen-bond acceptors (Lipinski definition) is 4. The van der Waals surface area contributed by atoms with Crippen LogP contribution in [0.5, 0.6) is 0 Å². The van der Waals surface area contributed by atoms with Gasteiger partial charge in [-0.2, -0.15) is 11.8 Å². The van der Waals surface area contributed by atoms with Crippen molar-refractivity contribution in [2.45, 2.75) is 57.9 Å². The number of nitrogens with one attached hydrogen (secondary N) is 1. The molecule has 1 rings (SSSR count). The summed E-state index contributed by atoms with van der Waals surface area (Å²) in [6.07, 6.45) is 5.43. The van der Waals surface area contributed by atoms with Crippen LogP contribution in [0, 0.1) is 0 Å². The fraction of sp³-hybridized carbons (Fsp3) is 1.00. The second-order valence-electron chi connectivity index (χ2n) is 5.76. The van der Waals surface area contributed by atoms with Crippen LogP contribution in [0.15, 0.2) is 0 Å². The normalized spacial score (nSPS) is 26.2. The number of ether oxygens (including phenoxy) is 1. The summed E-state index contributed by atoms with van der Waals surface area (Å²) in [5.74, 6) is 1.20. The first-order valence-corrected chi connectivity index (χ1v) is 8.50. The van der Waals surface area contributed by atoms with E-state index in [1.165, 1.54) is 18.6 Å². The highest BCUT2D eigenvalue weighted by molar-refractivity contribution is 7.98. The maximum Gasteiger partial charge on any atom is 0.0707 e. The number of nitrogens with zero attached hydrogens (tertiary/aromatic N) is 1. The molecular weight excluding hydrogens is 244 g/mol. The zero-order valence-electron chi connectivity index (χ0n) is 12.6. The van der Waals surface area contributed by atoms with Crippen molar-refractivity contribution in [2.24, 2.45) is 0 Å². The van der Waals surface area contributed by atoms with E-state index in [0.29, 0.717) is 24.3 Å². The molecule has 1 aliphatic heterocycles. The van der Waals surface area contributed by atoms with E-state index in [1.807, 2.05) is 11.8 Å². The third-order valence-electron chi connectivity index (χ3n) is 3.60. The molecule has 1 heterocycles. The van der Waals surface area contributed by atoms with Crippen molar-refractivity contribution in [1.29, 1.82) is 0 Å². The van der Waals surface area contributed by atoms with Crippen LogP contribution < -0.4 is 5.32 Å². The maximum atomic E-state index is 6.10. The summed E-state index contributed by atoms with van der Waals surface area (Å²) in [6.45, 7) is 8.73. The Bertz CT molecular complexity index is 226. The highest BCUT2D eigenvalue weighted by Gasteiger charge is 2.26. The molecule has 0 radical (unpaired) electrons. The van der Waals surface area contributed by atoms with Crippen molar-refractivity contribution < 1.29 is 4.74 Å². The lowest BCUT2D eigenvalue weighted by Gasteiger charge is -2.27. The summed E-state index contributed by atoms with van der Waals surface area (Å²) in [4.78, 5) is 2.43. The summed E-state index contributed by atoms with van der Waals surface area (Å²) in [5.41, 5.74) is 0. The first kappa shape index (κ1) is 16.3. The average Bonchev–Trinajstić information content (AvgIpc) is 2.74. The van der Waals surface area contributed by atoms with Crippen LogP contribution in [0.2, 0.25) is 0 Å². The van der Waals surface area contributed by atoms with Crippen molar-refractivity contribution in [3.63, 3.8) is 0 Å². The van der Waals surface area contributed by atoms with Gasteiger partial charge in [0.2, 0.25) is 0 Å². The summed E-state index contributed by atoms with van der Waals surface area (Å²) < 4.78 is 6.10. The van der Waals surface area contributed by atoms with E-state index in [1.54, 1.807) is 0 Å². The highest BCUT2D eigenvalue weighted by Crippen LogP contribution is 2.20. The molecule has 0 aromatic carbocycles. The Hall–Kier alpha value is 0.230. The Morgan fingerprint density at radius 1 is 1.28 bits per heavy atom. The van der Waals surface area contributed by atoms with Gasteiger partial charge in [0.1, 0.15) is 0 Å². The molecule has 3 nitrogen and oxygen atoms in total. The molecule has 0 amide bonds. The fourth-order valence-corrected chi connectivity index (χ4v) is 3.04. The van der Waals surface area contributed by atoms with Gasteiger partial charge in [0.25, 0.3) is 0 Å². The molecular formula is C14H30N2OS. The third-order valence-corrected chi connectivity index (χ3v) is 4.42. The van der Waals surface area contributed by atoms with Crippen LogP contribution in [0.4, 0.5) is 0 Å². The Morgan fingerprint density at radius 3 is 2.56 bits per heavy atom. The SMILES string of the molecule is CSCC(C)N(C)CC1CCC(CNC(C)C)O1. The minimum Gasteiger partial charge on any atom is -0.372 e. The zero-order valence-corrected chi connectivity index (χ0v) is 13.4. The van der Waals surface area contributed by atoms with Gasteiger partial charge in [-0.15, -0.1) is 0 Å². The molecule has 1 aliphatic rings. The molecule has 0 spiro atoms. The second kappa shape index (κ2) is 8.41. The minimum atomic E-state index is 0.418. The zero-order chi connectivity index (χ0) is 13.5. The van der Waals surface area contributed by atoms with Gasteiger partial charge in [-0.25, -0.2) is 0 Å². The molecule has 18 heavy (non-hydrogen) atoms. The van der Waals surface area contributed by atoms with Crippen molar-refractivity contribution >= 4 is 11.8 Å². The largest absolute Gasteiger partial charge is 0.372 e. The van der Waals surface area contributed by atoms with Gasteiger partial charge < -0.3 is 15.0 Å². The molecule has 0 bridgehead atoms. The van der Waals surface area contributed by atoms with Gasteiger partial charge in [-0.3, -0.25) is 0 Å². The summed E-state index contributed by atoms with van der Waals surface area (Å²) in [5, 5.41) is 3.46. The summed E-state index contributed by atoms with van der Waals surface area (Å²) in [6, 6.07) is 1.19. The standard InChI is InChI=1S/C14H30N2OS/c1-11(2)15-8-13-6-7-14(17-13)9-16(4)12(3)10-18-5/h11-15H,6-10H2,1-5H3. The maximum absolute atomic E-state index is 6.10. The Morgan fingerprint density at radius 2 is 1.94 bits per heavy atom. The summed E-state index contributed by atoms with van der Waals surface area (Å²) in [7, 11) is 2.21. The second-order valence-corrected chi connectivity index (χ2v) is 6.68. The lowest BCUT2D eigenvalue weighted by atomic mass is 10.1. The van der Waals surface area contributed by atoms with Crippen molar-refractivity contribution in [3.8, 4) is 0 Å². The molecule has 108 valence electrons. The number of thioether (sulfide) groups is 1. The molecule has 1 fully saturated rings. The van der Waals surface area contributed by atoms with E-state index in [9.17, 15) is 0 Å². The van der Waals surface area contributed by atoms with Crippen molar-refractivity contribution in [3.05, 3.63) is 0 Å². The minimum absolute atomic E-state index is 0.418. The van der Waals surface area contributed by atoms with E-state index in [0.717, 1.165) is 13.1 Å². The Balaban J connectivity index is 2.21. The Kier molecular flexibility index (Phi) is 7.61. The fourth-order valence-electron chi connectivity index (χ4n) is 2.30. The van der Waals surface area contributed by atoms with Gasteiger partial charge >= 0.3 is 0 Å². The third kappa shape index (κ3) is 5.91. The monoisotopic (exact) mass is 274 g/mol. The molecule has 0 aromatic heterocycles. The van der Waals surface area contributed by atoms with Crippen LogP contribution in [-0.4, -0.2) is 61.3 Å². The average molecular weight is 274 g/mol. The molecule has 3 unspecified atom stereocenters. The highest BCUT2D eigenvalue weighted by atomic mass is 32.2. The quantitative estimate of drug-likeness (QED) is 0.733. The van der Waals surface area contributed by atoms with Crippen LogP contribution in [0.3, 0.4) is 0 Å². The van der Waals surface area contributed by atoms with Gasteiger partial charge in [0.15, 0.2) is 0 Å². The van der Waals surface area contributed by atoms with Crippen LogP contribution >= 0.6 is 11.8 Å². The predicted molar refractivity (Wildman–Crippen MR) is 81.5 cm³/mol. The number of rotatable bonds is 8. The van der Waals surface area contributed by atoms with E-state index in [4.69, 9.17) is 4.74 Å². The molecule has 1 N–H and O–H groups in total. The Labute approximate surface area is 117 Å². The van der Waals surface area contributed by atoms with Gasteiger partial charge in [-0.1, -0.05) is 13.8 Å². The van der Waals surface area contributed by atoms with Crippen molar-refractivity contribution in [2.75, 3.05) is 32.1 Å². The first-order chi connectivity index (χ1) is 8.52. The molecule has 4 heteroatoms. The number of likely N-dealkylation sites (N-methyl/N-ethyl adjacent to an activating group) is 1. The van der Waals surface area contributed by atoms with Crippen LogP contribution in [0.25, 0.3) is 0 Å². The topological polar surface area (TPSA) is 24.5 Å². The first-order valence-electron chi connectivity index (χ1n) is 7.11. The smallest absolute Gasteiger partial charge is 0.0707 e. The molecule has 1 saturated heterocycles. The van der Waals surface area contributed by atoms with Gasteiger partial charge in [0, 0.05) is 30.9 Å². The summed E-state index contributed by atoms with van der Waals surface area (Å²) >= 11 is 1.92. The molecule has 0 aliphatic carbocycles. The van der Waals surface area contributed by atoms with E-state index < -0.39 is 0 Å². The van der Waals surface area contributed by atoms with E-state index >= 15 is 0 Å². The molecule has 0 saturated carbocycles. The van der Waals surface area contributed by atoms with Gasteiger partial charge in [-0.05, 0) is 33.1 Å². The van der Waals surface area contributed by atoms with Gasteiger partial charge in [0.05, 0.1) is 12.2 Å². The van der Waals surface area contributed by atoms with Crippen LogP contribution in [-0.2, 0) is 4.74 Å². The van der Waals surface area contributed by atoms with Crippen LogP contribution in [0.1, 0.15) is 33.6 Å². The van der Waals surface area contributed by atoms with Crippen molar-refractivity contribution in [1.82, 2.24) is 10.2 Å². The lowest BCUT2D eigenvalue weighted by Crippen LogP contribution is -2.38. The van der Waals surface area contributed by atoms with E-state index in [-0.39, 0.29) is 0 Å². The van der Waals surface area contributed by atoms with E-state index in [2.05, 4.69) is 44.3 Å². The molecule has 0 aromatic rings. The number of hydrogen-bond donors (Lipinski definition) is 1. The lowest BCUT2D eigenvalue weighted by molar-refractivity contribution is 0.0227. The molecule has 3 atom stereocenters.